The van der Waals surface area contributed by atoms with Crippen LogP contribution in [0.3, 0.4) is 0 Å². The Labute approximate surface area is 122 Å². The van der Waals surface area contributed by atoms with Gasteiger partial charge in [-0.1, -0.05) is 6.08 Å². The van der Waals surface area contributed by atoms with Crippen molar-refractivity contribution in [3.8, 4) is 0 Å². The molecule has 0 radical (unpaired) electrons. The summed E-state index contributed by atoms with van der Waals surface area (Å²) >= 11 is 0. The van der Waals surface area contributed by atoms with Crippen molar-refractivity contribution in [2.75, 3.05) is 19.7 Å². The maximum Gasteiger partial charge on any atom is 0.320 e. The Morgan fingerprint density at radius 1 is 1.57 bits per heavy atom. The number of halogens is 1. The van der Waals surface area contributed by atoms with Crippen LogP contribution in [0.25, 0.3) is 0 Å². The molecule has 0 saturated heterocycles. The van der Waals surface area contributed by atoms with Crippen LogP contribution < -0.4 is 0 Å². The number of hydrogen-bond acceptors (Lipinski definition) is 5. The van der Waals surface area contributed by atoms with Crippen molar-refractivity contribution in [3.05, 3.63) is 52.3 Å². The monoisotopic (exact) mass is 296 g/mol. The average molecular weight is 296 g/mol. The molecule has 0 aliphatic heterocycles. The van der Waals surface area contributed by atoms with Crippen LogP contribution in [0.5, 0.6) is 0 Å². The van der Waals surface area contributed by atoms with E-state index in [-0.39, 0.29) is 30.9 Å². The molecule has 0 bridgehead atoms. The number of carbonyl (C=O) groups is 1. The smallest absolute Gasteiger partial charge is 0.320 e. The van der Waals surface area contributed by atoms with Crippen molar-refractivity contribution in [2.45, 2.75) is 13.5 Å². The molecule has 0 N–H and O–H groups in total. The Morgan fingerprint density at radius 2 is 2.29 bits per heavy atom. The number of rotatable bonds is 8. The second-order valence-electron chi connectivity index (χ2n) is 4.29. The van der Waals surface area contributed by atoms with Crippen LogP contribution in [0.15, 0.2) is 30.9 Å². The molecule has 0 aromatic heterocycles. The van der Waals surface area contributed by atoms with Crippen molar-refractivity contribution in [1.29, 1.82) is 0 Å². The van der Waals surface area contributed by atoms with Gasteiger partial charge < -0.3 is 4.74 Å². The third kappa shape index (κ3) is 5.31. The summed E-state index contributed by atoms with van der Waals surface area (Å²) in [4.78, 5) is 23.5. The van der Waals surface area contributed by atoms with Crippen molar-refractivity contribution in [3.63, 3.8) is 0 Å². The van der Waals surface area contributed by atoms with Crippen molar-refractivity contribution in [2.24, 2.45) is 0 Å². The highest BCUT2D eigenvalue weighted by molar-refractivity contribution is 5.71. The van der Waals surface area contributed by atoms with E-state index in [1.807, 2.05) is 0 Å². The number of benzene rings is 1. The van der Waals surface area contributed by atoms with E-state index in [1.54, 1.807) is 17.9 Å². The van der Waals surface area contributed by atoms with E-state index in [0.717, 1.165) is 18.2 Å². The van der Waals surface area contributed by atoms with Gasteiger partial charge in [0.25, 0.3) is 5.69 Å². The molecule has 7 heteroatoms. The summed E-state index contributed by atoms with van der Waals surface area (Å²) in [5.41, 5.74) is 0.0143. The second kappa shape index (κ2) is 8.11. The highest BCUT2D eigenvalue weighted by Gasteiger charge is 2.18. The maximum atomic E-state index is 13.3. The number of nitrogens with zero attached hydrogens (tertiary/aromatic N) is 2. The molecule has 21 heavy (non-hydrogen) atoms. The van der Waals surface area contributed by atoms with Gasteiger partial charge in [0, 0.05) is 24.7 Å². The molecule has 0 aliphatic rings. The number of hydrogen-bond donors (Lipinski definition) is 0. The lowest BCUT2D eigenvalue weighted by Gasteiger charge is -2.19. The molecule has 0 atom stereocenters. The van der Waals surface area contributed by atoms with Crippen molar-refractivity contribution in [1.82, 2.24) is 4.90 Å². The van der Waals surface area contributed by atoms with Gasteiger partial charge in [0.15, 0.2) is 0 Å². The first-order valence-corrected chi connectivity index (χ1v) is 6.39. The lowest BCUT2D eigenvalue weighted by Crippen LogP contribution is -2.31. The van der Waals surface area contributed by atoms with E-state index in [0.29, 0.717) is 6.54 Å². The van der Waals surface area contributed by atoms with Gasteiger partial charge in [-0.05, 0) is 19.1 Å². The molecule has 0 heterocycles. The van der Waals surface area contributed by atoms with Gasteiger partial charge in [-0.3, -0.25) is 19.8 Å². The molecular weight excluding hydrogens is 279 g/mol. The van der Waals surface area contributed by atoms with Crippen molar-refractivity contribution < 1.29 is 18.8 Å². The average Bonchev–Trinajstić information content (AvgIpc) is 2.38. The van der Waals surface area contributed by atoms with Gasteiger partial charge in [0.05, 0.1) is 18.1 Å². The minimum atomic E-state index is -0.578. The fourth-order valence-electron chi connectivity index (χ4n) is 1.86. The van der Waals surface area contributed by atoms with Crippen molar-refractivity contribution >= 4 is 11.7 Å². The number of ether oxygens (including phenoxy) is 1. The number of nitro benzene ring substituents is 1. The first-order chi connectivity index (χ1) is 9.97. The summed E-state index contributed by atoms with van der Waals surface area (Å²) in [5, 5.41) is 10.9. The van der Waals surface area contributed by atoms with E-state index in [1.165, 1.54) is 0 Å². The standard InChI is InChI=1S/C14H17FN2O4/c1-3-7-16(10-14(18)21-4-2)9-11-8-12(15)5-6-13(11)17(19)20/h3,5-6,8H,1,4,7,9-10H2,2H3. The van der Waals surface area contributed by atoms with E-state index in [4.69, 9.17) is 4.74 Å². The zero-order chi connectivity index (χ0) is 15.8. The predicted octanol–water partition coefficient (Wildman–Crippen LogP) is 2.29. The normalized spacial score (nSPS) is 10.4. The predicted molar refractivity (Wildman–Crippen MR) is 75.2 cm³/mol. The molecule has 0 aliphatic carbocycles. The quantitative estimate of drug-likeness (QED) is 0.318. The van der Waals surface area contributed by atoms with E-state index in [2.05, 4.69) is 6.58 Å². The second-order valence-corrected chi connectivity index (χ2v) is 4.29. The SMILES string of the molecule is C=CCN(CC(=O)OCC)Cc1cc(F)ccc1[N+](=O)[O-]. The lowest BCUT2D eigenvalue weighted by molar-refractivity contribution is -0.385. The Morgan fingerprint density at radius 3 is 2.86 bits per heavy atom. The maximum absolute atomic E-state index is 13.3. The summed E-state index contributed by atoms with van der Waals surface area (Å²) in [7, 11) is 0. The van der Waals surface area contributed by atoms with Crippen LogP contribution in [0, 0.1) is 15.9 Å². The van der Waals surface area contributed by atoms with Gasteiger partial charge >= 0.3 is 5.97 Å². The Kier molecular flexibility index (Phi) is 6.48. The van der Waals surface area contributed by atoms with Crippen LogP contribution in [-0.2, 0) is 16.1 Å². The lowest BCUT2D eigenvalue weighted by atomic mass is 10.1. The first kappa shape index (κ1) is 16.8. The number of nitro groups is 1. The van der Waals surface area contributed by atoms with Crippen LogP contribution in [-0.4, -0.2) is 35.5 Å². The molecule has 0 unspecified atom stereocenters. The van der Waals surface area contributed by atoms with Gasteiger partial charge in [0.1, 0.15) is 5.82 Å². The number of esters is 1. The summed E-state index contributed by atoms with van der Waals surface area (Å²) in [5.74, 6) is -1.01. The zero-order valence-corrected chi connectivity index (χ0v) is 11.8. The molecular formula is C14H17FN2O4. The van der Waals surface area contributed by atoms with E-state index < -0.39 is 16.7 Å². The Hall–Kier alpha value is -2.28. The molecule has 1 aromatic rings. The molecule has 0 amide bonds. The summed E-state index contributed by atoms with van der Waals surface area (Å²) in [6.07, 6.45) is 1.56. The zero-order valence-electron chi connectivity index (χ0n) is 11.8. The molecule has 0 saturated carbocycles. The largest absolute Gasteiger partial charge is 0.465 e. The highest BCUT2D eigenvalue weighted by Crippen LogP contribution is 2.21. The molecule has 0 fully saturated rings. The minimum Gasteiger partial charge on any atom is -0.465 e. The van der Waals surface area contributed by atoms with Gasteiger partial charge in [-0.25, -0.2) is 4.39 Å². The molecule has 6 nitrogen and oxygen atoms in total. The topological polar surface area (TPSA) is 72.7 Å². The van der Waals surface area contributed by atoms with E-state index in [9.17, 15) is 19.3 Å². The third-order valence-corrected chi connectivity index (χ3v) is 2.68. The molecule has 1 aromatic carbocycles. The van der Waals surface area contributed by atoms with Gasteiger partial charge in [-0.2, -0.15) is 0 Å². The molecule has 1 rings (SSSR count). The van der Waals surface area contributed by atoms with Crippen LogP contribution in [0.4, 0.5) is 10.1 Å². The molecule has 114 valence electrons. The van der Waals surface area contributed by atoms with Crippen LogP contribution in [0.2, 0.25) is 0 Å². The highest BCUT2D eigenvalue weighted by atomic mass is 19.1. The Balaban J connectivity index is 2.92. The summed E-state index contributed by atoms with van der Waals surface area (Å²) in [6, 6.07) is 3.24. The molecule has 0 spiro atoms. The minimum absolute atomic E-state index is 0.0481. The first-order valence-electron chi connectivity index (χ1n) is 6.39. The van der Waals surface area contributed by atoms with Crippen LogP contribution >= 0.6 is 0 Å². The fraction of sp³-hybridized carbons (Fsp3) is 0.357. The van der Waals surface area contributed by atoms with Gasteiger partial charge in [0.2, 0.25) is 0 Å². The van der Waals surface area contributed by atoms with Crippen LogP contribution in [0.1, 0.15) is 12.5 Å². The summed E-state index contributed by atoms with van der Waals surface area (Å²) in [6.45, 7) is 5.84. The number of carbonyl (C=O) groups excluding carboxylic acids is 1. The third-order valence-electron chi connectivity index (χ3n) is 2.68. The van der Waals surface area contributed by atoms with Gasteiger partial charge in [-0.15, -0.1) is 6.58 Å². The fourth-order valence-corrected chi connectivity index (χ4v) is 1.86. The summed E-state index contributed by atoms with van der Waals surface area (Å²) < 4.78 is 18.1. The van der Waals surface area contributed by atoms with E-state index >= 15 is 0 Å². The Bertz CT molecular complexity index is 534.